The van der Waals surface area contributed by atoms with Crippen LogP contribution in [0.3, 0.4) is 0 Å². The number of primary amides is 1. The van der Waals surface area contributed by atoms with Crippen molar-refractivity contribution in [1.82, 2.24) is 20.6 Å². The first-order chi connectivity index (χ1) is 11.6. The van der Waals surface area contributed by atoms with Crippen molar-refractivity contribution in [2.45, 2.75) is 18.8 Å². The maximum atomic E-state index is 13.4. The van der Waals surface area contributed by atoms with Crippen molar-refractivity contribution in [3.63, 3.8) is 0 Å². The summed E-state index contributed by atoms with van der Waals surface area (Å²) in [6.07, 6.45) is 0.683. The molecule has 3 aromatic rings. The van der Waals surface area contributed by atoms with Crippen LogP contribution in [0.25, 0.3) is 11.4 Å². The maximum absolute atomic E-state index is 13.4. The quantitative estimate of drug-likeness (QED) is 0.726. The molecular formula is C17H16FN5O. The second-order valence-electron chi connectivity index (χ2n) is 5.56. The van der Waals surface area contributed by atoms with Crippen LogP contribution in [-0.4, -0.2) is 26.5 Å². The largest absolute Gasteiger partial charge is 0.370 e. The summed E-state index contributed by atoms with van der Waals surface area (Å²) in [5, 5.41) is 13.9. The Kier molecular flexibility index (Phi) is 4.60. The highest BCUT2D eigenvalue weighted by Crippen LogP contribution is 2.27. The van der Waals surface area contributed by atoms with Crippen LogP contribution >= 0.6 is 0 Å². The second kappa shape index (κ2) is 6.99. The van der Waals surface area contributed by atoms with Gasteiger partial charge in [0.1, 0.15) is 5.82 Å². The van der Waals surface area contributed by atoms with Crippen LogP contribution in [0.1, 0.15) is 23.5 Å². The third kappa shape index (κ3) is 3.81. The highest BCUT2D eigenvalue weighted by atomic mass is 19.1. The Labute approximate surface area is 137 Å². The molecule has 0 aliphatic heterocycles. The minimum Gasteiger partial charge on any atom is -0.370 e. The van der Waals surface area contributed by atoms with Crippen LogP contribution in [0.4, 0.5) is 4.39 Å². The van der Waals surface area contributed by atoms with Gasteiger partial charge in [-0.25, -0.2) is 4.39 Å². The average molecular weight is 325 g/mol. The van der Waals surface area contributed by atoms with E-state index in [0.29, 0.717) is 12.2 Å². The summed E-state index contributed by atoms with van der Waals surface area (Å²) >= 11 is 0. The van der Waals surface area contributed by atoms with E-state index in [1.54, 1.807) is 6.07 Å². The molecule has 0 radical (unpaired) electrons. The van der Waals surface area contributed by atoms with Gasteiger partial charge in [-0.05, 0) is 46.9 Å². The van der Waals surface area contributed by atoms with Crippen LogP contribution in [0.15, 0.2) is 48.5 Å². The molecule has 1 unspecified atom stereocenters. The van der Waals surface area contributed by atoms with Crippen molar-refractivity contribution in [3.05, 3.63) is 65.5 Å². The van der Waals surface area contributed by atoms with Crippen LogP contribution in [0.5, 0.6) is 0 Å². The van der Waals surface area contributed by atoms with Crippen molar-refractivity contribution in [1.29, 1.82) is 0 Å². The molecule has 1 atom stereocenters. The molecule has 0 aliphatic rings. The fourth-order valence-electron chi connectivity index (χ4n) is 2.71. The number of nitrogens with one attached hydrogen (secondary N) is 1. The zero-order valence-electron chi connectivity index (χ0n) is 12.8. The Morgan fingerprint density at radius 2 is 2.04 bits per heavy atom. The molecular weight excluding hydrogens is 309 g/mol. The first-order valence-electron chi connectivity index (χ1n) is 7.48. The van der Waals surface area contributed by atoms with E-state index in [0.717, 1.165) is 16.7 Å². The molecule has 7 heteroatoms. The summed E-state index contributed by atoms with van der Waals surface area (Å²) < 4.78 is 13.4. The third-order valence-corrected chi connectivity index (χ3v) is 3.78. The molecule has 3 N–H and O–H groups in total. The van der Waals surface area contributed by atoms with Crippen LogP contribution < -0.4 is 5.73 Å². The molecule has 0 saturated heterocycles. The number of halogens is 1. The SMILES string of the molecule is NC(=O)CC(Cc1cccc(F)c1)c1cccc(-c2nn[nH]n2)c1. The van der Waals surface area contributed by atoms with E-state index in [9.17, 15) is 9.18 Å². The van der Waals surface area contributed by atoms with Gasteiger partial charge >= 0.3 is 0 Å². The Bertz CT molecular complexity index is 835. The standard InChI is InChI=1S/C17H16FN5O/c18-15-6-1-3-11(8-15)7-14(10-16(19)24)12-4-2-5-13(9-12)17-20-22-23-21-17/h1-6,8-9,14H,7,10H2,(H2,19,24)(H,20,21,22,23). The number of aromatic amines is 1. The predicted octanol–water partition coefficient (Wildman–Crippen LogP) is 2.21. The molecule has 0 aliphatic carbocycles. The fraction of sp³-hybridized carbons (Fsp3) is 0.176. The monoisotopic (exact) mass is 325 g/mol. The molecule has 3 rings (SSSR count). The molecule has 122 valence electrons. The zero-order valence-corrected chi connectivity index (χ0v) is 12.8. The Balaban J connectivity index is 1.91. The highest BCUT2D eigenvalue weighted by molar-refractivity contribution is 5.75. The topological polar surface area (TPSA) is 97.5 Å². The highest BCUT2D eigenvalue weighted by Gasteiger charge is 2.17. The van der Waals surface area contributed by atoms with E-state index in [1.165, 1.54) is 12.1 Å². The van der Waals surface area contributed by atoms with Crippen molar-refractivity contribution in [2.75, 3.05) is 0 Å². The van der Waals surface area contributed by atoms with E-state index < -0.39 is 5.91 Å². The fourth-order valence-corrected chi connectivity index (χ4v) is 2.71. The smallest absolute Gasteiger partial charge is 0.218 e. The van der Waals surface area contributed by atoms with E-state index in [1.807, 2.05) is 30.3 Å². The van der Waals surface area contributed by atoms with E-state index >= 15 is 0 Å². The molecule has 24 heavy (non-hydrogen) atoms. The molecule has 6 nitrogen and oxygen atoms in total. The van der Waals surface area contributed by atoms with Gasteiger partial charge in [-0.1, -0.05) is 30.3 Å². The molecule has 1 heterocycles. The lowest BCUT2D eigenvalue weighted by atomic mass is 9.88. The van der Waals surface area contributed by atoms with Gasteiger partial charge in [0.2, 0.25) is 11.7 Å². The number of aromatic nitrogens is 4. The van der Waals surface area contributed by atoms with E-state index in [4.69, 9.17) is 5.73 Å². The number of carbonyl (C=O) groups excluding carboxylic acids is 1. The van der Waals surface area contributed by atoms with Crippen molar-refractivity contribution < 1.29 is 9.18 Å². The number of nitrogens with zero attached hydrogens (tertiary/aromatic N) is 3. The number of rotatable bonds is 6. The van der Waals surface area contributed by atoms with E-state index in [-0.39, 0.29) is 18.2 Å². The minimum atomic E-state index is -0.402. The predicted molar refractivity (Wildman–Crippen MR) is 86.3 cm³/mol. The number of amides is 1. The van der Waals surface area contributed by atoms with Gasteiger partial charge in [0.15, 0.2) is 0 Å². The number of hydrogen-bond donors (Lipinski definition) is 2. The third-order valence-electron chi connectivity index (χ3n) is 3.78. The van der Waals surface area contributed by atoms with Gasteiger partial charge in [-0.2, -0.15) is 5.21 Å². The van der Waals surface area contributed by atoms with Gasteiger partial charge in [0.25, 0.3) is 0 Å². The average Bonchev–Trinajstić information content (AvgIpc) is 3.08. The van der Waals surface area contributed by atoms with E-state index in [2.05, 4.69) is 20.6 Å². The number of benzene rings is 2. The van der Waals surface area contributed by atoms with Crippen LogP contribution in [0, 0.1) is 5.82 Å². The second-order valence-corrected chi connectivity index (χ2v) is 5.56. The summed E-state index contributed by atoms with van der Waals surface area (Å²) in [5.41, 5.74) is 7.91. The Morgan fingerprint density at radius 3 is 2.75 bits per heavy atom. The number of tetrazole rings is 1. The van der Waals surface area contributed by atoms with Gasteiger partial charge in [0.05, 0.1) is 0 Å². The summed E-state index contributed by atoms with van der Waals surface area (Å²) in [5.74, 6) is -0.385. The molecule has 1 amide bonds. The lowest BCUT2D eigenvalue weighted by molar-refractivity contribution is -0.118. The number of H-pyrrole nitrogens is 1. The number of carbonyl (C=O) groups is 1. The van der Waals surface area contributed by atoms with Crippen molar-refractivity contribution in [2.24, 2.45) is 5.73 Å². The van der Waals surface area contributed by atoms with Gasteiger partial charge in [0, 0.05) is 12.0 Å². The molecule has 0 saturated carbocycles. The van der Waals surface area contributed by atoms with Gasteiger partial charge in [-0.3, -0.25) is 4.79 Å². The number of hydrogen-bond acceptors (Lipinski definition) is 4. The Hall–Kier alpha value is -3.09. The minimum absolute atomic E-state index is 0.156. The molecule has 0 spiro atoms. The summed E-state index contributed by atoms with van der Waals surface area (Å²) in [4.78, 5) is 11.5. The summed E-state index contributed by atoms with van der Waals surface area (Å²) in [6.45, 7) is 0. The van der Waals surface area contributed by atoms with Crippen molar-refractivity contribution in [3.8, 4) is 11.4 Å². The first-order valence-corrected chi connectivity index (χ1v) is 7.48. The van der Waals surface area contributed by atoms with Crippen molar-refractivity contribution >= 4 is 5.91 Å². The molecule has 0 fully saturated rings. The maximum Gasteiger partial charge on any atom is 0.218 e. The lowest BCUT2D eigenvalue weighted by Crippen LogP contribution is -2.17. The molecule has 1 aromatic heterocycles. The zero-order chi connectivity index (χ0) is 16.9. The molecule has 0 bridgehead atoms. The van der Waals surface area contributed by atoms with Gasteiger partial charge < -0.3 is 5.73 Å². The van der Waals surface area contributed by atoms with Crippen LogP contribution in [0.2, 0.25) is 0 Å². The van der Waals surface area contributed by atoms with Gasteiger partial charge in [-0.15, -0.1) is 10.2 Å². The Morgan fingerprint density at radius 1 is 1.21 bits per heavy atom. The lowest BCUT2D eigenvalue weighted by Gasteiger charge is -2.17. The van der Waals surface area contributed by atoms with Crippen LogP contribution in [-0.2, 0) is 11.2 Å². The summed E-state index contributed by atoms with van der Waals surface area (Å²) in [6, 6.07) is 13.9. The summed E-state index contributed by atoms with van der Waals surface area (Å²) in [7, 11) is 0. The number of nitrogens with two attached hydrogens (primary N) is 1. The first kappa shape index (κ1) is 15.8. The normalized spacial score (nSPS) is 12.0. The molecule has 2 aromatic carbocycles.